The van der Waals surface area contributed by atoms with Crippen molar-refractivity contribution in [2.24, 2.45) is 0 Å². The van der Waals surface area contributed by atoms with E-state index in [0.717, 1.165) is 37.1 Å². The Kier molecular flexibility index (Phi) is 3.82. The van der Waals surface area contributed by atoms with Gasteiger partial charge in [0.15, 0.2) is 5.82 Å². The summed E-state index contributed by atoms with van der Waals surface area (Å²) in [5.41, 5.74) is 3.21. The van der Waals surface area contributed by atoms with Gasteiger partial charge in [-0.15, -0.1) is 10.2 Å². The molecule has 7 heteroatoms. The maximum absolute atomic E-state index is 4.70. The Morgan fingerprint density at radius 2 is 1.79 bits per heavy atom. The third kappa shape index (κ3) is 2.70. The summed E-state index contributed by atoms with van der Waals surface area (Å²) in [4.78, 5) is 2.86. The number of hydrogen-bond acceptors (Lipinski definition) is 5. The second-order valence-corrected chi connectivity index (χ2v) is 7.45. The third-order valence-electron chi connectivity index (χ3n) is 3.70. The summed E-state index contributed by atoms with van der Waals surface area (Å²) >= 11 is 5.03. The van der Waals surface area contributed by atoms with Crippen LogP contribution in [-0.2, 0) is 0 Å². The van der Waals surface area contributed by atoms with E-state index in [9.17, 15) is 0 Å². The molecule has 0 radical (unpaired) electrons. The topological polar surface area (TPSA) is 46.3 Å². The Labute approximate surface area is 151 Å². The van der Waals surface area contributed by atoms with Crippen LogP contribution in [0.4, 0.5) is 5.69 Å². The predicted octanol–water partition coefficient (Wildman–Crippen LogP) is 4.35. The molecule has 0 fully saturated rings. The standard InChI is InChI=1S/C17H14BrN5S/c1-22(2)14-8-6-11(7-9-14)15-19-20-17-23(15)21-16(24-17)12-4-3-5-13(18)10-12/h3-10H,1-2H3. The molecule has 2 aromatic carbocycles. The minimum absolute atomic E-state index is 0.757. The van der Waals surface area contributed by atoms with Gasteiger partial charge in [0, 0.05) is 35.4 Å². The van der Waals surface area contributed by atoms with E-state index < -0.39 is 0 Å². The minimum atomic E-state index is 0.757. The number of rotatable bonds is 3. The zero-order valence-electron chi connectivity index (χ0n) is 13.1. The predicted molar refractivity (Wildman–Crippen MR) is 102 cm³/mol. The highest BCUT2D eigenvalue weighted by atomic mass is 79.9. The molecule has 0 spiro atoms. The van der Waals surface area contributed by atoms with E-state index in [1.807, 2.05) is 48.9 Å². The highest BCUT2D eigenvalue weighted by Gasteiger charge is 2.14. The Bertz CT molecular complexity index is 1000. The average molecular weight is 400 g/mol. The van der Waals surface area contributed by atoms with Crippen LogP contribution in [0.25, 0.3) is 26.9 Å². The van der Waals surface area contributed by atoms with E-state index in [1.54, 1.807) is 0 Å². The molecule has 2 heterocycles. The Morgan fingerprint density at radius 3 is 2.50 bits per heavy atom. The number of nitrogens with zero attached hydrogens (tertiary/aromatic N) is 5. The first kappa shape index (κ1) is 15.3. The van der Waals surface area contributed by atoms with Crippen molar-refractivity contribution in [1.82, 2.24) is 19.8 Å². The average Bonchev–Trinajstić information content (AvgIpc) is 3.15. The van der Waals surface area contributed by atoms with Gasteiger partial charge in [0.25, 0.3) is 0 Å². The molecule has 2 aromatic heterocycles. The molecule has 0 bridgehead atoms. The number of anilines is 1. The quantitative estimate of drug-likeness (QED) is 0.513. The van der Waals surface area contributed by atoms with Crippen molar-refractivity contribution in [3.63, 3.8) is 0 Å². The van der Waals surface area contributed by atoms with Gasteiger partial charge in [-0.3, -0.25) is 0 Å². The van der Waals surface area contributed by atoms with Crippen LogP contribution in [0.1, 0.15) is 0 Å². The lowest BCUT2D eigenvalue weighted by atomic mass is 10.2. The molecule has 0 amide bonds. The molecule has 4 rings (SSSR count). The molecule has 0 saturated carbocycles. The summed E-state index contributed by atoms with van der Waals surface area (Å²) in [5, 5.41) is 14.2. The van der Waals surface area contributed by atoms with Gasteiger partial charge in [-0.05, 0) is 36.4 Å². The third-order valence-corrected chi connectivity index (χ3v) is 5.15. The molecule has 0 atom stereocenters. The van der Waals surface area contributed by atoms with E-state index in [1.165, 1.54) is 11.3 Å². The van der Waals surface area contributed by atoms with E-state index in [0.29, 0.717) is 0 Å². The number of benzene rings is 2. The van der Waals surface area contributed by atoms with Crippen LogP contribution in [0.5, 0.6) is 0 Å². The highest BCUT2D eigenvalue weighted by molar-refractivity contribution is 9.10. The molecular weight excluding hydrogens is 386 g/mol. The van der Waals surface area contributed by atoms with Crippen LogP contribution in [0.2, 0.25) is 0 Å². The fourth-order valence-electron chi connectivity index (χ4n) is 2.44. The van der Waals surface area contributed by atoms with E-state index in [4.69, 9.17) is 5.10 Å². The number of halogens is 1. The second-order valence-electron chi connectivity index (χ2n) is 5.58. The minimum Gasteiger partial charge on any atom is -0.378 e. The molecule has 0 saturated heterocycles. The Hall–Kier alpha value is -2.25. The lowest BCUT2D eigenvalue weighted by Crippen LogP contribution is -2.08. The molecule has 0 N–H and O–H groups in total. The van der Waals surface area contributed by atoms with Crippen LogP contribution in [0.15, 0.2) is 53.0 Å². The van der Waals surface area contributed by atoms with Crippen LogP contribution in [0, 0.1) is 0 Å². The fraction of sp³-hybridized carbons (Fsp3) is 0.118. The van der Waals surface area contributed by atoms with Crippen LogP contribution < -0.4 is 4.90 Å². The molecule has 4 aromatic rings. The molecule has 0 aliphatic carbocycles. The van der Waals surface area contributed by atoms with Gasteiger partial charge >= 0.3 is 0 Å². The van der Waals surface area contributed by atoms with Crippen LogP contribution in [0.3, 0.4) is 0 Å². The van der Waals surface area contributed by atoms with Crippen molar-refractivity contribution in [3.8, 4) is 22.0 Å². The normalized spacial score (nSPS) is 11.1. The van der Waals surface area contributed by atoms with Crippen molar-refractivity contribution < 1.29 is 0 Å². The highest BCUT2D eigenvalue weighted by Crippen LogP contribution is 2.29. The fourth-order valence-corrected chi connectivity index (χ4v) is 3.68. The summed E-state index contributed by atoms with van der Waals surface area (Å²) < 4.78 is 2.84. The second kappa shape index (κ2) is 5.99. The van der Waals surface area contributed by atoms with E-state index in [-0.39, 0.29) is 0 Å². The van der Waals surface area contributed by atoms with Crippen molar-refractivity contribution in [2.45, 2.75) is 0 Å². The van der Waals surface area contributed by atoms with E-state index in [2.05, 4.69) is 49.2 Å². The summed E-state index contributed by atoms with van der Waals surface area (Å²) in [7, 11) is 4.05. The largest absolute Gasteiger partial charge is 0.378 e. The van der Waals surface area contributed by atoms with E-state index >= 15 is 0 Å². The molecule has 24 heavy (non-hydrogen) atoms. The van der Waals surface area contributed by atoms with Gasteiger partial charge in [-0.1, -0.05) is 39.4 Å². The smallest absolute Gasteiger partial charge is 0.235 e. The monoisotopic (exact) mass is 399 g/mol. The first-order chi connectivity index (χ1) is 11.6. The van der Waals surface area contributed by atoms with Crippen LogP contribution in [-0.4, -0.2) is 33.9 Å². The maximum atomic E-state index is 4.70. The number of hydrogen-bond donors (Lipinski definition) is 0. The summed E-state index contributed by atoms with van der Waals surface area (Å²) in [5.74, 6) is 0.757. The van der Waals surface area contributed by atoms with Crippen molar-refractivity contribution in [3.05, 3.63) is 53.0 Å². The van der Waals surface area contributed by atoms with Gasteiger partial charge in [-0.25, -0.2) is 0 Å². The van der Waals surface area contributed by atoms with Crippen molar-refractivity contribution in [1.29, 1.82) is 0 Å². The molecule has 120 valence electrons. The van der Waals surface area contributed by atoms with Gasteiger partial charge in [-0.2, -0.15) is 9.61 Å². The summed E-state index contributed by atoms with van der Waals surface area (Å²) in [6.07, 6.45) is 0. The maximum Gasteiger partial charge on any atom is 0.235 e. The number of aromatic nitrogens is 4. The zero-order valence-corrected chi connectivity index (χ0v) is 15.5. The summed E-state index contributed by atoms with van der Waals surface area (Å²) in [6, 6.07) is 16.3. The Balaban J connectivity index is 1.77. The first-order valence-electron chi connectivity index (χ1n) is 7.38. The van der Waals surface area contributed by atoms with Crippen LogP contribution >= 0.6 is 27.3 Å². The lowest BCUT2D eigenvalue weighted by Gasteiger charge is -2.11. The Morgan fingerprint density at radius 1 is 1.00 bits per heavy atom. The molecule has 0 aliphatic heterocycles. The lowest BCUT2D eigenvalue weighted by molar-refractivity contribution is 0.970. The van der Waals surface area contributed by atoms with Crippen molar-refractivity contribution >= 4 is 37.9 Å². The zero-order chi connectivity index (χ0) is 16.7. The van der Waals surface area contributed by atoms with Gasteiger partial charge in [0.05, 0.1) is 0 Å². The summed E-state index contributed by atoms with van der Waals surface area (Å²) in [6.45, 7) is 0. The first-order valence-corrected chi connectivity index (χ1v) is 8.99. The van der Waals surface area contributed by atoms with Gasteiger partial charge in [0.2, 0.25) is 4.96 Å². The van der Waals surface area contributed by atoms with Gasteiger partial charge in [0.1, 0.15) is 5.01 Å². The molecular formula is C17H14BrN5S. The number of fused-ring (bicyclic) bond motifs is 1. The molecule has 0 aliphatic rings. The molecule has 5 nitrogen and oxygen atoms in total. The molecule has 0 unspecified atom stereocenters. The van der Waals surface area contributed by atoms with Crippen molar-refractivity contribution in [2.75, 3.05) is 19.0 Å². The van der Waals surface area contributed by atoms with Gasteiger partial charge < -0.3 is 4.90 Å². The SMILES string of the molecule is CN(C)c1ccc(-c2nnc3sc(-c4cccc(Br)c4)nn23)cc1.